The van der Waals surface area contributed by atoms with Crippen molar-refractivity contribution in [2.24, 2.45) is 0 Å². The van der Waals surface area contributed by atoms with E-state index in [1.165, 1.54) is 27.3 Å². The lowest BCUT2D eigenvalue weighted by molar-refractivity contribution is 0.0952. The molecule has 0 saturated heterocycles. The first-order valence-corrected chi connectivity index (χ1v) is 9.09. The van der Waals surface area contributed by atoms with Crippen LogP contribution in [0.5, 0.6) is 0 Å². The van der Waals surface area contributed by atoms with E-state index in [2.05, 4.69) is 53.8 Å². The van der Waals surface area contributed by atoms with E-state index >= 15 is 0 Å². The van der Waals surface area contributed by atoms with Gasteiger partial charge in [0.1, 0.15) is 0 Å². The molecule has 126 valence electrons. The Kier molecular flexibility index (Phi) is 3.49. The highest BCUT2D eigenvalue weighted by atomic mass is 16.1. The highest BCUT2D eigenvalue weighted by molar-refractivity contribution is 6.09. The predicted molar refractivity (Wildman–Crippen MR) is 106 cm³/mol. The maximum atomic E-state index is 12.9. The zero-order valence-corrected chi connectivity index (χ0v) is 14.5. The van der Waals surface area contributed by atoms with Crippen LogP contribution in [0.1, 0.15) is 27.0 Å². The first-order chi connectivity index (χ1) is 12.8. The predicted octanol–water partition coefficient (Wildman–Crippen LogP) is 5.02. The molecule has 0 aliphatic heterocycles. The number of aryl methyl sites for hydroxylation is 2. The average Bonchev–Trinajstić information content (AvgIpc) is 3.11. The number of fused-ring (bicyclic) bond motifs is 1. The molecule has 1 N–H and O–H groups in total. The van der Waals surface area contributed by atoms with E-state index in [4.69, 9.17) is 0 Å². The molecular weight excluding hydrogens is 318 g/mol. The standard InChI is InChI=1S/C24H19NO/c26-24(25-15-19-8-3-6-16-5-1-2-9-20(16)19)22-14-13-18-12-11-17-7-4-10-21(22)23(17)18/h1-10,13-14H,11-12,15H2,(H,25,26). The molecule has 1 aliphatic carbocycles. The number of hydrogen-bond donors (Lipinski definition) is 1. The lowest BCUT2D eigenvalue weighted by Crippen LogP contribution is -2.23. The van der Waals surface area contributed by atoms with Crippen LogP contribution in [0.25, 0.3) is 21.5 Å². The van der Waals surface area contributed by atoms with Crippen LogP contribution >= 0.6 is 0 Å². The number of rotatable bonds is 3. The van der Waals surface area contributed by atoms with Crippen LogP contribution in [-0.2, 0) is 19.4 Å². The second-order valence-corrected chi connectivity index (χ2v) is 6.93. The maximum Gasteiger partial charge on any atom is 0.252 e. The third-order valence-electron chi connectivity index (χ3n) is 5.44. The number of carbonyl (C=O) groups excluding carboxylic acids is 1. The molecule has 1 aliphatic rings. The molecule has 2 heteroatoms. The molecule has 0 heterocycles. The summed E-state index contributed by atoms with van der Waals surface area (Å²) in [7, 11) is 0. The van der Waals surface area contributed by atoms with E-state index in [0.29, 0.717) is 6.54 Å². The molecule has 5 rings (SSSR count). The molecule has 0 saturated carbocycles. The van der Waals surface area contributed by atoms with Crippen LogP contribution < -0.4 is 5.32 Å². The summed E-state index contributed by atoms with van der Waals surface area (Å²) >= 11 is 0. The fourth-order valence-electron chi connectivity index (χ4n) is 4.16. The summed E-state index contributed by atoms with van der Waals surface area (Å²) in [5.41, 5.74) is 4.64. The molecule has 0 unspecified atom stereocenters. The SMILES string of the molecule is O=C(NCc1cccc2ccccc12)c1ccc2c3c(cccc13)CC2. The second-order valence-electron chi connectivity index (χ2n) is 6.93. The van der Waals surface area contributed by atoms with Crippen molar-refractivity contribution in [1.82, 2.24) is 5.32 Å². The first-order valence-electron chi connectivity index (χ1n) is 9.09. The van der Waals surface area contributed by atoms with E-state index in [9.17, 15) is 4.79 Å². The Labute approximate surface area is 152 Å². The molecular formula is C24H19NO. The van der Waals surface area contributed by atoms with Crippen LogP contribution in [0.4, 0.5) is 0 Å². The quantitative estimate of drug-likeness (QED) is 0.559. The zero-order chi connectivity index (χ0) is 17.5. The maximum absolute atomic E-state index is 12.9. The minimum Gasteiger partial charge on any atom is -0.348 e. The second kappa shape index (κ2) is 5.99. The smallest absolute Gasteiger partial charge is 0.252 e. The van der Waals surface area contributed by atoms with E-state index in [0.717, 1.165) is 29.4 Å². The summed E-state index contributed by atoms with van der Waals surface area (Å²) in [6.45, 7) is 0.531. The number of carbonyl (C=O) groups is 1. The van der Waals surface area contributed by atoms with Crippen LogP contribution in [0.3, 0.4) is 0 Å². The summed E-state index contributed by atoms with van der Waals surface area (Å²) in [6.07, 6.45) is 2.15. The van der Waals surface area contributed by atoms with E-state index in [1.807, 2.05) is 24.3 Å². The van der Waals surface area contributed by atoms with Gasteiger partial charge >= 0.3 is 0 Å². The number of benzene rings is 4. The Hall–Kier alpha value is -3.13. The summed E-state index contributed by atoms with van der Waals surface area (Å²) in [5.74, 6) is -0.00599. The van der Waals surface area contributed by atoms with Gasteiger partial charge in [0.2, 0.25) is 0 Å². The Morgan fingerprint density at radius 3 is 2.42 bits per heavy atom. The molecule has 1 amide bonds. The van der Waals surface area contributed by atoms with Crippen molar-refractivity contribution < 1.29 is 4.79 Å². The highest BCUT2D eigenvalue weighted by Crippen LogP contribution is 2.32. The first kappa shape index (κ1) is 15.2. The van der Waals surface area contributed by atoms with Gasteiger partial charge in [-0.15, -0.1) is 0 Å². The molecule has 0 bridgehead atoms. The topological polar surface area (TPSA) is 29.1 Å². The van der Waals surface area contributed by atoms with Crippen molar-refractivity contribution in [2.75, 3.05) is 0 Å². The Morgan fingerprint density at radius 2 is 1.50 bits per heavy atom. The van der Waals surface area contributed by atoms with Crippen LogP contribution in [-0.4, -0.2) is 5.91 Å². The fourth-order valence-corrected chi connectivity index (χ4v) is 4.16. The van der Waals surface area contributed by atoms with Crippen LogP contribution in [0.2, 0.25) is 0 Å². The average molecular weight is 337 g/mol. The van der Waals surface area contributed by atoms with Crippen LogP contribution in [0, 0.1) is 0 Å². The van der Waals surface area contributed by atoms with Gasteiger partial charge in [-0.3, -0.25) is 4.79 Å². The molecule has 0 spiro atoms. The number of nitrogens with one attached hydrogen (secondary N) is 1. The van der Waals surface area contributed by atoms with E-state index < -0.39 is 0 Å². The van der Waals surface area contributed by atoms with Gasteiger partial charge in [0, 0.05) is 12.1 Å². The van der Waals surface area contributed by atoms with Crippen molar-refractivity contribution >= 4 is 27.5 Å². The van der Waals surface area contributed by atoms with Crippen molar-refractivity contribution in [2.45, 2.75) is 19.4 Å². The van der Waals surface area contributed by atoms with Crippen molar-refractivity contribution in [3.05, 3.63) is 95.1 Å². The Bertz CT molecular complexity index is 1140. The molecule has 0 aromatic heterocycles. The van der Waals surface area contributed by atoms with Gasteiger partial charge in [-0.05, 0) is 57.1 Å². The molecule has 0 atom stereocenters. The van der Waals surface area contributed by atoms with E-state index in [1.54, 1.807) is 0 Å². The van der Waals surface area contributed by atoms with E-state index in [-0.39, 0.29) is 5.91 Å². The summed E-state index contributed by atoms with van der Waals surface area (Å²) in [5, 5.41) is 7.87. The largest absolute Gasteiger partial charge is 0.348 e. The fraction of sp³-hybridized carbons (Fsp3) is 0.125. The van der Waals surface area contributed by atoms with Crippen LogP contribution in [0.15, 0.2) is 72.8 Å². The van der Waals surface area contributed by atoms with Crippen molar-refractivity contribution in [3.63, 3.8) is 0 Å². The van der Waals surface area contributed by atoms with Crippen molar-refractivity contribution in [3.8, 4) is 0 Å². The lowest BCUT2D eigenvalue weighted by Gasteiger charge is -2.11. The third kappa shape index (κ3) is 2.38. The molecule has 4 aromatic carbocycles. The lowest BCUT2D eigenvalue weighted by atomic mass is 9.99. The van der Waals surface area contributed by atoms with Gasteiger partial charge in [0.15, 0.2) is 0 Å². The third-order valence-corrected chi connectivity index (χ3v) is 5.44. The number of hydrogen-bond acceptors (Lipinski definition) is 1. The minimum atomic E-state index is -0.00599. The molecule has 0 radical (unpaired) electrons. The summed E-state index contributed by atoms with van der Waals surface area (Å²) in [6, 6.07) is 24.9. The Balaban J connectivity index is 1.47. The van der Waals surface area contributed by atoms with Gasteiger partial charge in [0.05, 0.1) is 0 Å². The monoisotopic (exact) mass is 337 g/mol. The summed E-state index contributed by atoms with van der Waals surface area (Å²) < 4.78 is 0. The highest BCUT2D eigenvalue weighted by Gasteiger charge is 2.18. The normalized spacial score (nSPS) is 12.6. The van der Waals surface area contributed by atoms with Gasteiger partial charge in [0.25, 0.3) is 5.91 Å². The molecule has 2 nitrogen and oxygen atoms in total. The minimum absolute atomic E-state index is 0.00599. The molecule has 4 aromatic rings. The number of amides is 1. The molecule has 0 fully saturated rings. The summed E-state index contributed by atoms with van der Waals surface area (Å²) in [4.78, 5) is 12.9. The molecule has 26 heavy (non-hydrogen) atoms. The zero-order valence-electron chi connectivity index (χ0n) is 14.5. The van der Waals surface area contributed by atoms with Gasteiger partial charge in [-0.25, -0.2) is 0 Å². The van der Waals surface area contributed by atoms with Gasteiger partial charge in [-0.2, -0.15) is 0 Å². The van der Waals surface area contributed by atoms with Gasteiger partial charge < -0.3 is 5.32 Å². The van der Waals surface area contributed by atoms with Crippen molar-refractivity contribution in [1.29, 1.82) is 0 Å². The van der Waals surface area contributed by atoms with Gasteiger partial charge in [-0.1, -0.05) is 66.7 Å². The Morgan fingerprint density at radius 1 is 0.769 bits per heavy atom.